The highest BCUT2D eigenvalue weighted by molar-refractivity contribution is 7.11. The molecule has 0 saturated carbocycles. The molecule has 1 heterocycles. The third-order valence-corrected chi connectivity index (χ3v) is 4.07. The van der Waals surface area contributed by atoms with Crippen LogP contribution >= 0.6 is 11.3 Å². The summed E-state index contributed by atoms with van der Waals surface area (Å²) in [6, 6.07) is 5.67. The Kier molecular flexibility index (Phi) is 4.95. The van der Waals surface area contributed by atoms with Crippen LogP contribution in [0.15, 0.2) is 30.5 Å². The van der Waals surface area contributed by atoms with E-state index in [0.29, 0.717) is 29.2 Å². The van der Waals surface area contributed by atoms with Gasteiger partial charge in [-0.1, -0.05) is 19.1 Å². The topological polar surface area (TPSA) is 24.9 Å². The molecule has 0 aliphatic carbocycles. The molecule has 114 valence electrons. The summed E-state index contributed by atoms with van der Waals surface area (Å²) in [4.78, 5) is 3.96. The van der Waals surface area contributed by atoms with Crippen LogP contribution in [-0.4, -0.2) is 11.5 Å². The second-order valence-electron chi connectivity index (χ2n) is 4.51. The number of nitrogens with one attached hydrogen (secondary N) is 1. The van der Waals surface area contributed by atoms with E-state index in [2.05, 4.69) is 10.3 Å². The fraction of sp³-hybridized carbons (Fsp3) is 0.357. The molecule has 1 aromatic heterocycles. The van der Waals surface area contributed by atoms with Gasteiger partial charge in [0.15, 0.2) is 5.01 Å². The quantitative estimate of drug-likeness (QED) is 0.836. The number of hydrogen-bond donors (Lipinski definition) is 1. The summed E-state index contributed by atoms with van der Waals surface area (Å²) in [6.07, 6.45) is -2.69. The van der Waals surface area contributed by atoms with Gasteiger partial charge in [0.25, 0.3) is 0 Å². The molecule has 0 fully saturated rings. The molecule has 21 heavy (non-hydrogen) atoms. The van der Waals surface area contributed by atoms with Crippen LogP contribution in [0, 0.1) is 5.82 Å². The van der Waals surface area contributed by atoms with Crippen molar-refractivity contribution in [2.45, 2.75) is 25.6 Å². The van der Waals surface area contributed by atoms with E-state index >= 15 is 0 Å². The highest BCUT2D eigenvalue weighted by Crippen LogP contribution is 2.35. The van der Waals surface area contributed by atoms with Gasteiger partial charge in [-0.05, 0) is 30.7 Å². The normalized spacial score (nSPS) is 13.4. The molecule has 0 saturated heterocycles. The van der Waals surface area contributed by atoms with E-state index in [9.17, 15) is 17.6 Å². The third kappa shape index (κ3) is 4.25. The van der Waals surface area contributed by atoms with Crippen LogP contribution in [0.2, 0.25) is 0 Å². The molecule has 2 rings (SSSR count). The smallest absolute Gasteiger partial charge is 0.309 e. The van der Waals surface area contributed by atoms with Crippen LogP contribution in [0.1, 0.15) is 28.4 Å². The first-order chi connectivity index (χ1) is 9.90. The molecule has 1 N–H and O–H groups in total. The van der Waals surface area contributed by atoms with Gasteiger partial charge in [-0.2, -0.15) is 13.2 Å². The van der Waals surface area contributed by atoms with E-state index in [1.54, 1.807) is 12.1 Å². The summed E-state index contributed by atoms with van der Waals surface area (Å²) >= 11 is 0.638. The summed E-state index contributed by atoms with van der Waals surface area (Å²) in [5, 5.41) is 2.29. The van der Waals surface area contributed by atoms with Gasteiger partial charge in [0.1, 0.15) is 5.82 Å². The molecule has 1 atom stereocenters. The van der Waals surface area contributed by atoms with Crippen LogP contribution in [0.4, 0.5) is 17.6 Å². The second kappa shape index (κ2) is 6.53. The maximum Gasteiger partial charge on any atom is 0.443 e. The minimum absolute atomic E-state index is 0.269. The molecular weight excluding hydrogens is 304 g/mol. The number of hydrogen-bond acceptors (Lipinski definition) is 3. The van der Waals surface area contributed by atoms with Crippen LogP contribution in [0.3, 0.4) is 0 Å². The first-order valence-electron chi connectivity index (χ1n) is 6.41. The summed E-state index contributed by atoms with van der Waals surface area (Å²) < 4.78 is 50.7. The van der Waals surface area contributed by atoms with Gasteiger partial charge in [-0.3, -0.25) is 0 Å². The first-order valence-corrected chi connectivity index (χ1v) is 7.22. The van der Waals surface area contributed by atoms with Crippen LogP contribution in [-0.2, 0) is 12.6 Å². The van der Waals surface area contributed by atoms with Crippen molar-refractivity contribution < 1.29 is 17.6 Å². The highest BCUT2D eigenvalue weighted by atomic mass is 32.1. The molecule has 2 nitrogen and oxygen atoms in total. The molecule has 0 aliphatic heterocycles. The van der Waals surface area contributed by atoms with E-state index < -0.39 is 11.2 Å². The Bertz CT molecular complexity index is 577. The van der Waals surface area contributed by atoms with Crippen molar-refractivity contribution in [3.05, 3.63) is 51.7 Å². The summed E-state index contributed by atoms with van der Waals surface area (Å²) in [6.45, 7) is 2.49. The Morgan fingerprint density at radius 3 is 2.43 bits per heavy atom. The first kappa shape index (κ1) is 15.9. The number of rotatable bonds is 5. The molecule has 1 aromatic carbocycles. The number of aromatic nitrogens is 1. The van der Waals surface area contributed by atoms with E-state index in [1.807, 2.05) is 6.92 Å². The predicted octanol–water partition coefficient (Wildman–Crippen LogP) is 4.19. The molecular formula is C14H14F4N2S. The van der Waals surface area contributed by atoms with Crippen LogP contribution in [0.5, 0.6) is 0 Å². The zero-order valence-corrected chi connectivity index (χ0v) is 12.1. The van der Waals surface area contributed by atoms with Gasteiger partial charge in [-0.15, -0.1) is 11.3 Å². The number of halogens is 4. The Morgan fingerprint density at radius 2 is 1.90 bits per heavy atom. The fourth-order valence-electron chi connectivity index (χ4n) is 1.95. The van der Waals surface area contributed by atoms with Crippen LogP contribution < -0.4 is 5.32 Å². The van der Waals surface area contributed by atoms with E-state index in [-0.39, 0.29) is 11.9 Å². The fourth-order valence-corrected chi connectivity index (χ4v) is 2.81. The molecule has 2 aromatic rings. The van der Waals surface area contributed by atoms with Gasteiger partial charge in [0, 0.05) is 17.1 Å². The van der Waals surface area contributed by atoms with E-state index in [4.69, 9.17) is 0 Å². The number of nitrogens with zero attached hydrogens (tertiary/aromatic N) is 1. The van der Waals surface area contributed by atoms with Crippen LogP contribution in [0.25, 0.3) is 0 Å². The number of thiazole rings is 1. The van der Waals surface area contributed by atoms with Gasteiger partial charge in [0.2, 0.25) is 0 Å². The lowest BCUT2D eigenvalue weighted by Crippen LogP contribution is -2.22. The van der Waals surface area contributed by atoms with Crippen molar-refractivity contribution >= 4 is 11.3 Å². The monoisotopic (exact) mass is 318 g/mol. The largest absolute Gasteiger partial charge is 0.443 e. The minimum Gasteiger partial charge on any atom is -0.309 e. The Balaban J connectivity index is 2.18. The average Bonchev–Trinajstić information content (AvgIpc) is 2.90. The highest BCUT2D eigenvalue weighted by Gasteiger charge is 2.35. The van der Waals surface area contributed by atoms with Gasteiger partial charge in [-0.25, -0.2) is 9.37 Å². The van der Waals surface area contributed by atoms with Crippen molar-refractivity contribution in [1.82, 2.24) is 10.3 Å². The second-order valence-corrected chi connectivity index (χ2v) is 5.57. The van der Waals surface area contributed by atoms with Crippen molar-refractivity contribution in [2.75, 3.05) is 6.54 Å². The Labute approximate surface area is 123 Å². The zero-order chi connectivity index (χ0) is 15.5. The summed E-state index contributed by atoms with van der Waals surface area (Å²) in [7, 11) is 0. The van der Waals surface area contributed by atoms with Crippen molar-refractivity contribution in [2.24, 2.45) is 0 Å². The van der Waals surface area contributed by atoms with Crippen molar-refractivity contribution in [3.63, 3.8) is 0 Å². The lowest BCUT2D eigenvalue weighted by Gasteiger charge is -2.16. The molecule has 0 radical (unpaired) electrons. The van der Waals surface area contributed by atoms with E-state index in [1.165, 1.54) is 18.3 Å². The summed E-state index contributed by atoms with van der Waals surface area (Å²) in [5.74, 6) is -0.337. The molecule has 7 heteroatoms. The lowest BCUT2D eigenvalue weighted by molar-refractivity contribution is -0.137. The number of likely N-dealkylation sites (N-methyl/N-ethyl adjacent to an activating group) is 1. The van der Waals surface area contributed by atoms with Crippen molar-refractivity contribution in [3.8, 4) is 0 Å². The zero-order valence-electron chi connectivity index (χ0n) is 11.2. The standard InChI is InChI=1S/C14H14F4N2S/c1-2-19-11(7-9-3-5-10(15)6-4-9)12-8-20-13(21-12)14(16,17)18/h3-6,8,11,19H,2,7H2,1H3. The Morgan fingerprint density at radius 1 is 1.24 bits per heavy atom. The SMILES string of the molecule is CCNC(Cc1ccc(F)cc1)c1cnc(C(F)(F)F)s1. The molecule has 0 aliphatic rings. The number of benzene rings is 1. The Hall–Kier alpha value is -1.47. The maximum absolute atomic E-state index is 12.9. The number of alkyl halides is 3. The average molecular weight is 318 g/mol. The third-order valence-electron chi connectivity index (χ3n) is 2.91. The van der Waals surface area contributed by atoms with Crippen molar-refractivity contribution in [1.29, 1.82) is 0 Å². The molecule has 0 spiro atoms. The summed E-state index contributed by atoms with van der Waals surface area (Å²) in [5.41, 5.74) is 0.851. The van der Waals surface area contributed by atoms with Gasteiger partial charge in [0.05, 0.1) is 0 Å². The van der Waals surface area contributed by atoms with E-state index in [0.717, 1.165) is 5.56 Å². The molecule has 1 unspecified atom stereocenters. The van der Waals surface area contributed by atoms with Gasteiger partial charge < -0.3 is 5.32 Å². The lowest BCUT2D eigenvalue weighted by atomic mass is 10.1. The predicted molar refractivity (Wildman–Crippen MR) is 73.6 cm³/mol. The van der Waals surface area contributed by atoms with Gasteiger partial charge >= 0.3 is 6.18 Å². The minimum atomic E-state index is -4.42. The molecule has 0 bridgehead atoms. The molecule has 0 amide bonds. The maximum atomic E-state index is 12.9.